The molecule has 1 aliphatic carbocycles. The summed E-state index contributed by atoms with van der Waals surface area (Å²) in [6, 6.07) is 0. The third-order valence-corrected chi connectivity index (χ3v) is 3.75. The molecule has 20 heavy (non-hydrogen) atoms. The normalized spacial score (nSPS) is 17.9. The highest BCUT2D eigenvalue weighted by Gasteiger charge is 2.27. The third-order valence-electron chi connectivity index (χ3n) is 3.75. The van der Waals surface area contributed by atoms with E-state index in [1.165, 1.54) is 19.3 Å². The first-order valence-corrected chi connectivity index (χ1v) is 6.93. The van der Waals surface area contributed by atoms with Crippen LogP contribution in [0.5, 0.6) is 0 Å². The highest BCUT2D eigenvalue weighted by molar-refractivity contribution is 5.37. The number of nitrogens with two attached hydrogens (primary N) is 1. The van der Waals surface area contributed by atoms with Crippen LogP contribution in [0.1, 0.15) is 39.0 Å². The van der Waals surface area contributed by atoms with Crippen molar-refractivity contribution in [2.24, 2.45) is 0 Å². The lowest BCUT2D eigenvalue weighted by Gasteiger charge is -2.34. The molecule has 0 aromatic carbocycles. The fraction of sp³-hybridized carbons (Fsp3) is 0.538. The average molecular weight is 273 g/mol. The maximum absolute atomic E-state index is 5.78. The molecule has 1 aliphatic rings. The van der Waals surface area contributed by atoms with Crippen molar-refractivity contribution in [3.05, 3.63) is 18.7 Å². The number of rotatable bonds is 3. The Morgan fingerprint density at radius 3 is 2.70 bits per heavy atom. The summed E-state index contributed by atoms with van der Waals surface area (Å²) in [7, 11) is 0. The molecule has 0 spiro atoms. The molecule has 3 N–H and O–H groups in total. The zero-order valence-corrected chi connectivity index (χ0v) is 11.6. The number of imidazole rings is 1. The Labute approximate surface area is 117 Å². The highest BCUT2D eigenvalue weighted by Crippen LogP contribution is 2.30. The van der Waals surface area contributed by atoms with Crippen LogP contribution in [0.3, 0.4) is 0 Å². The van der Waals surface area contributed by atoms with Gasteiger partial charge < -0.3 is 11.1 Å². The first-order valence-electron chi connectivity index (χ1n) is 6.93. The number of nitrogen functional groups attached to an aromatic ring is 1. The molecule has 0 radical (unpaired) electrons. The summed E-state index contributed by atoms with van der Waals surface area (Å²) < 4.78 is 1.71. The minimum atomic E-state index is 0.0399. The van der Waals surface area contributed by atoms with Gasteiger partial charge in [0.15, 0.2) is 0 Å². The lowest BCUT2D eigenvalue weighted by atomic mass is 9.83. The van der Waals surface area contributed by atoms with E-state index in [0.717, 1.165) is 12.8 Å². The summed E-state index contributed by atoms with van der Waals surface area (Å²) >= 11 is 0. The molecule has 0 saturated heterocycles. The Morgan fingerprint density at radius 1 is 1.20 bits per heavy atom. The van der Waals surface area contributed by atoms with E-state index in [0.29, 0.717) is 11.9 Å². The molecule has 0 unspecified atom stereocenters. The van der Waals surface area contributed by atoms with Crippen LogP contribution in [0.15, 0.2) is 18.7 Å². The zero-order valence-electron chi connectivity index (χ0n) is 11.6. The molecule has 0 atom stereocenters. The SMILES string of the molecule is CC1(Nc2nc(N)nc(-n3ccnc3)n2)CCCCC1. The zero-order chi connectivity index (χ0) is 14.0. The second-order valence-corrected chi connectivity index (χ2v) is 5.53. The molecule has 3 rings (SSSR count). The maximum Gasteiger partial charge on any atom is 0.241 e. The van der Waals surface area contributed by atoms with Crippen molar-refractivity contribution in [2.75, 3.05) is 11.1 Å². The van der Waals surface area contributed by atoms with Crippen LogP contribution >= 0.6 is 0 Å². The van der Waals surface area contributed by atoms with Gasteiger partial charge in [0.05, 0.1) is 0 Å². The predicted molar refractivity (Wildman–Crippen MR) is 76.5 cm³/mol. The molecule has 2 aromatic heterocycles. The average Bonchev–Trinajstić information content (AvgIpc) is 2.92. The topological polar surface area (TPSA) is 94.5 Å². The Bertz CT molecular complexity index is 572. The Balaban J connectivity index is 1.86. The summed E-state index contributed by atoms with van der Waals surface area (Å²) in [5.74, 6) is 1.23. The predicted octanol–water partition coefficient (Wildman–Crippen LogP) is 1.77. The summed E-state index contributed by atoms with van der Waals surface area (Å²) in [6.07, 6.45) is 11.1. The van der Waals surface area contributed by atoms with Gasteiger partial charge in [-0.05, 0) is 19.8 Å². The Hall–Kier alpha value is -2.18. The fourth-order valence-corrected chi connectivity index (χ4v) is 2.66. The molecule has 0 amide bonds. The molecule has 106 valence electrons. The standard InChI is InChI=1S/C13H19N7/c1-13(5-3-2-4-6-13)19-11-16-10(14)17-12(18-11)20-8-7-15-9-20/h7-9H,2-6H2,1H3,(H3,14,16,17,18,19). The molecule has 2 heterocycles. The van der Waals surface area contributed by atoms with Crippen LogP contribution in [0.4, 0.5) is 11.9 Å². The van der Waals surface area contributed by atoms with Gasteiger partial charge in [0.1, 0.15) is 6.33 Å². The number of anilines is 2. The van der Waals surface area contributed by atoms with Crippen LogP contribution in [-0.2, 0) is 0 Å². The minimum absolute atomic E-state index is 0.0399. The van der Waals surface area contributed by atoms with E-state index in [4.69, 9.17) is 5.73 Å². The second kappa shape index (κ2) is 5.07. The number of nitrogens with one attached hydrogen (secondary N) is 1. The summed E-state index contributed by atoms with van der Waals surface area (Å²) in [5, 5.41) is 3.42. The van der Waals surface area contributed by atoms with E-state index in [9.17, 15) is 0 Å². The monoisotopic (exact) mass is 273 g/mol. The molecule has 7 heteroatoms. The van der Waals surface area contributed by atoms with Crippen LogP contribution in [0.2, 0.25) is 0 Å². The summed E-state index contributed by atoms with van der Waals surface area (Å²) in [6.45, 7) is 2.21. The first kappa shape index (κ1) is 12.8. The van der Waals surface area contributed by atoms with Gasteiger partial charge in [0.25, 0.3) is 0 Å². The molecule has 2 aromatic rings. The second-order valence-electron chi connectivity index (χ2n) is 5.53. The lowest BCUT2D eigenvalue weighted by Crippen LogP contribution is -2.37. The fourth-order valence-electron chi connectivity index (χ4n) is 2.66. The van der Waals surface area contributed by atoms with Crippen LogP contribution in [0, 0.1) is 0 Å². The molecule has 1 saturated carbocycles. The van der Waals surface area contributed by atoms with Crippen molar-refractivity contribution in [2.45, 2.75) is 44.6 Å². The van der Waals surface area contributed by atoms with Gasteiger partial charge in [-0.15, -0.1) is 0 Å². The van der Waals surface area contributed by atoms with Crippen molar-refractivity contribution in [3.8, 4) is 5.95 Å². The molecule has 0 aliphatic heterocycles. The van der Waals surface area contributed by atoms with Gasteiger partial charge in [-0.2, -0.15) is 15.0 Å². The number of hydrogen-bond acceptors (Lipinski definition) is 6. The maximum atomic E-state index is 5.78. The number of nitrogens with zero attached hydrogens (tertiary/aromatic N) is 5. The van der Waals surface area contributed by atoms with Crippen LogP contribution in [0.25, 0.3) is 5.95 Å². The molecule has 7 nitrogen and oxygen atoms in total. The van der Waals surface area contributed by atoms with Gasteiger partial charge in [-0.1, -0.05) is 19.3 Å². The van der Waals surface area contributed by atoms with E-state index in [1.807, 2.05) is 0 Å². The summed E-state index contributed by atoms with van der Waals surface area (Å²) in [4.78, 5) is 16.7. The summed E-state index contributed by atoms with van der Waals surface area (Å²) in [5.41, 5.74) is 5.82. The van der Waals surface area contributed by atoms with E-state index in [-0.39, 0.29) is 11.5 Å². The van der Waals surface area contributed by atoms with Crippen LogP contribution < -0.4 is 11.1 Å². The molecule has 0 bridgehead atoms. The van der Waals surface area contributed by atoms with E-state index < -0.39 is 0 Å². The smallest absolute Gasteiger partial charge is 0.241 e. The first-order chi connectivity index (χ1) is 9.65. The van der Waals surface area contributed by atoms with Crippen molar-refractivity contribution in [1.82, 2.24) is 24.5 Å². The minimum Gasteiger partial charge on any atom is -0.368 e. The van der Waals surface area contributed by atoms with Crippen molar-refractivity contribution < 1.29 is 0 Å². The largest absolute Gasteiger partial charge is 0.368 e. The van der Waals surface area contributed by atoms with E-state index in [2.05, 4.69) is 32.2 Å². The van der Waals surface area contributed by atoms with Gasteiger partial charge in [0, 0.05) is 17.9 Å². The van der Waals surface area contributed by atoms with Gasteiger partial charge in [0.2, 0.25) is 17.8 Å². The molecular formula is C13H19N7. The van der Waals surface area contributed by atoms with E-state index in [1.54, 1.807) is 23.3 Å². The Morgan fingerprint density at radius 2 is 2.00 bits per heavy atom. The lowest BCUT2D eigenvalue weighted by molar-refractivity contribution is 0.347. The highest BCUT2D eigenvalue weighted by atomic mass is 15.3. The van der Waals surface area contributed by atoms with Gasteiger partial charge in [-0.3, -0.25) is 4.57 Å². The third kappa shape index (κ3) is 2.71. The van der Waals surface area contributed by atoms with Gasteiger partial charge >= 0.3 is 0 Å². The Kier molecular flexibility index (Phi) is 3.25. The molecule has 1 fully saturated rings. The van der Waals surface area contributed by atoms with Gasteiger partial charge in [-0.25, -0.2) is 4.98 Å². The van der Waals surface area contributed by atoms with Crippen molar-refractivity contribution >= 4 is 11.9 Å². The quantitative estimate of drug-likeness (QED) is 0.885. The van der Waals surface area contributed by atoms with Crippen molar-refractivity contribution in [1.29, 1.82) is 0 Å². The molecular weight excluding hydrogens is 254 g/mol. The van der Waals surface area contributed by atoms with Crippen LogP contribution in [-0.4, -0.2) is 30.0 Å². The number of hydrogen-bond donors (Lipinski definition) is 2. The number of aromatic nitrogens is 5. The van der Waals surface area contributed by atoms with E-state index >= 15 is 0 Å². The van der Waals surface area contributed by atoms with Crippen molar-refractivity contribution in [3.63, 3.8) is 0 Å².